The fraction of sp³-hybridized carbons (Fsp3) is 0.429. The molecule has 1 heterocycles. The van der Waals surface area contributed by atoms with E-state index in [1.165, 1.54) is 5.56 Å². The van der Waals surface area contributed by atoms with Crippen LogP contribution in [-0.4, -0.2) is 36.9 Å². The molecule has 0 saturated carbocycles. The van der Waals surface area contributed by atoms with Gasteiger partial charge in [0.25, 0.3) is 0 Å². The van der Waals surface area contributed by atoms with Crippen LogP contribution < -0.4 is 15.0 Å². The van der Waals surface area contributed by atoms with Gasteiger partial charge < -0.3 is 19.7 Å². The van der Waals surface area contributed by atoms with Crippen LogP contribution in [0.4, 0.5) is 10.6 Å². The Morgan fingerprint density at radius 2 is 1.85 bits per heavy atom. The first-order valence-corrected chi connectivity index (χ1v) is 9.07. The van der Waals surface area contributed by atoms with E-state index < -0.39 is 11.7 Å². The molecule has 1 amide bonds. The highest BCUT2D eigenvalue weighted by Crippen LogP contribution is 2.21. The number of anilines is 1. The summed E-state index contributed by atoms with van der Waals surface area (Å²) in [6, 6.07) is 14.1. The number of carbonyl (C=O) groups excluding carboxylic acids is 1. The minimum absolute atomic E-state index is 0.317. The van der Waals surface area contributed by atoms with Crippen LogP contribution in [0.15, 0.2) is 42.5 Å². The van der Waals surface area contributed by atoms with Gasteiger partial charge in [-0.1, -0.05) is 36.4 Å². The van der Waals surface area contributed by atoms with Crippen LogP contribution in [0.25, 0.3) is 0 Å². The van der Waals surface area contributed by atoms with Crippen molar-refractivity contribution in [1.82, 2.24) is 10.3 Å². The standard InChI is InChI=1S/C21H29N3O3/c1-16-11-12-18(26-14-13-22-20(25)27-21(2,3)4)23-19(16)24(5)15-17-9-7-6-8-10-17/h6-12H,13-15H2,1-5H3,(H,22,25). The van der Waals surface area contributed by atoms with E-state index in [9.17, 15) is 4.79 Å². The Labute approximate surface area is 161 Å². The quantitative estimate of drug-likeness (QED) is 0.747. The number of amides is 1. The molecule has 0 aliphatic carbocycles. The van der Waals surface area contributed by atoms with Gasteiger partial charge in [-0.3, -0.25) is 0 Å². The Kier molecular flexibility index (Phi) is 7.05. The van der Waals surface area contributed by atoms with Crippen LogP contribution in [-0.2, 0) is 11.3 Å². The number of nitrogens with one attached hydrogen (secondary N) is 1. The van der Waals surface area contributed by atoms with Gasteiger partial charge in [-0.25, -0.2) is 4.79 Å². The summed E-state index contributed by atoms with van der Waals surface area (Å²) in [4.78, 5) is 18.3. The first-order valence-electron chi connectivity index (χ1n) is 9.07. The molecule has 2 rings (SSSR count). The summed E-state index contributed by atoms with van der Waals surface area (Å²) in [6.45, 7) is 8.93. The third kappa shape index (κ3) is 7.17. The van der Waals surface area contributed by atoms with E-state index >= 15 is 0 Å². The highest BCUT2D eigenvalue weighted by Gasteiger charge is 2.15. The fourth-order valence-electron chi connectivity index (χ4n) is 2.52. The Hall–Kier alpha value is -2.76. The molecule has 0 aliphatic rings. The molecule has 1 N–H and O–H groups in total. The summed E-state index contributed by atoms with van der Waals surface area (Å²) in [5, 5.41) is 2.67. The van der Waals surface area contributed by atoms with E-state index in [0.29, 0.717) is 19.0 Å². The number of aryl methyl sites for hydroxylation is 1. The number of benzene rings is 1. The summed E-state index contributed by atoms with van der Waals surface area (Å²) in [7, 11) is 2.01. The molecule has 0 bridgehead atoms. The first kappa shape index (κ1) is 20.6. The number of carbonyl (C=O) groups is 1. The number of nitrogens with zero attached hydrogens (tertiary/aromatic N) is 2. The van der Waals surface area contributed by atoms with Gasteiger partial charge in [-0.15, -0.1) is 0 Å². The molecule has 2 aromatic rings. The maximum absolute atomic E-state index is 11.6. The van der Waals surface area contributed by atoms with E-state index in [0.717, 1.165) is 17.9 Å². The van der Waals surface area contributed by atoms with Crippen molar-refractivity contribution in [2.45, 2.75) is 39.8 Å². The topological polar surface area (TPSA) is 63.7 Å². The zero-order valence-electron chi connectivity index (χ0n) is 16.8. The second-order valence-electron chi connectivity index (χ2n) is 7.41. The monoisotopic (exact) mass is 371 g/mol. The SMILES string of the molecule is Cc1ccc(OCCNC(=O)OC(C)(C)C)nc1N(C)Cc1ccccc1. The van der Waals surface area contributed by atoms with Crippen molar-refractivity contribution in [3.63, 3.8) is 0 Å². The van der Waals surface area contributed by atoms with E-state index in [1.54, 1.807) is 0 Å². The zero-order valence-corrected chi connectivity index (χ0v) is 16.8. The van der Waals surface area contributed by atoms with E-state index in [4.69, 9.17) is 9.47 Å². The minimum Gasteiger partial charge on any atom is -0.476 e. The van der Waals surface area contributed by atoms with Crippen molar-refractivity contribution in [3.8, 4) is 5.88 Å². The number of pyridine rings is 1. The van der Waals surface area contributed by atoms with Crippen molar-refractivity contribution < 1.29 is 14.3 Å². The normalized spacial score (nSPS) is 11.0. The summed E-state index contributed by atoms with van der Waals surface area (Å²) in [5.41, 5.74) is 1.78. The Morgan fingerprint density at radius 3 is 2.52 bits per heavy atom. The maximum Gasteiger partial charge on any atom is 0.407 e. The van der Waals surface area contributed by atoms with Gasteiger partial charge in [0, 0.05) is 19.7 Å². The lowest BCUT2D eigenvalue weighted by molar-refractivity contribution is 0.0520. The van der Waals surface area contributed by atoms with E-state index in [1.807, 2.05) is 65.1 Å². The predicted molar refractivity (Wildman–Crippen MR) is 107 cm³/mol. The van der Waals surface area contributed by atoms with E-state index in [2.05, 4.69) is 27.3 Å². The van der Waals surface area contributed by atoms with Crippen molar-refractivity contribution in [2.24, 2.45) is 0 Å². The van der Waals surface area contributed by atoms with Crippen LogP contribution >= 0.6 is 0 Å². The average molecular weight is 371 g/mol. The lowest BCUT2D eigenvalue weighted by atomic mass is 10.2. The van der Waals surface area contributed by atoms with Crippen molar-refractivity contribution in [3.05, 3.63) is 53.6 Å². The maximum atomic E-state index is 11.6. The summed E-state index contributed by atoms with van der Waals surface area (Å²) >= 11 is 0. The van der Waals surface area contributed by atoms with Gasteiger partial charge in [-0.2, -0.15) is 4.98 Å². The molecule has 0 unspecified atom stereocenters. The summed E-state index contributed by atoms with van der Waals surface area (Å²) in [6.07, 6.45) is -0.453. The highest BCUT2D eigenvalue weighted by atomic mass is 16.6. The summed E-state index contributed by atoms with van der Waals surface area (Å²) in [5.74, 6) is 1.40. The number of alkyl carbamates (subject to hydrolysis) is 1. The molecule has 6 heteroatoms. The first-order chi connectivity index (χ1) is 12.7. The second kappa shape index (κ2) is 9.26. The molecular formula is C21H29N3O3. The molecule has 0 aliphatic heterocycles. The average Bonchev–Trinajstić information content (AvgIpc) is 2.59. The van der Waals surface area contributed by atoms with Crippen LogP contribution in [0, 0.1) is 6.92 Å². The van der Waals surface area contributed by atoms with Gasteiger partial charge in [0.15, 0.2) is 0 Å². The van der Waals surface area contributed by atoms with Gasteiger partial charge in [-0.05, 0) is 38.8 Å². The summed E-state index contributed by atoms with van der Waals surface area (Å²) < 4.78 is 10.9. The molecule has 6 nitrogen and oxygen atoms in total. The number of hydrogen-bond donors (Lipinski definition) is 1. The van der Waals surface area contributed by atoms with Gasteiger partial charge >= 0.3 is 6.09 Å². The van der Waals surface area contributed by atoms with Gasteiger partial charge in [0.05, 0.1) is 6.54 Å². The second-order valence-corrected chi connectivity index (χ2v) is 7.41. The predicted octanol–water partition coefficient (Wildman–Crippen LogP) is 3.93. The number of rotatable bonds is 7. The number of ether oxygens (including phenoxy) is 2. The molecule has 0 spiro atoms. The molecule has 1 aromatic heterocycles. The molecule has 0 atom stereocenters. The third-order valence-electron chi connectivity index (χ3n) is 3.69. The molecule has 27 heavy (non-hydrogen) atoms. The molecule has 146 valence electrons. The lowest BCUT2D eigenvalue weighted by Gasteiger charge is -2.21. The van der Waals surface area contributed by atoms with E-state index in [-0.39, 0.29) is 0 Å². The third-order valence-corrected chi connectivity index (χ3v) is 3.69. The van der Waals surface area contributed by atoms with Crippen LogP contribution in [0.5, 0.6) is 5.88 Å². The molecule has 0 saturated heterocycles. The highest BCUT2D eigenvalue weighted by molar-refractivity contribution is 5.67. The van der Waals surface area contributed by atoms with Gasteiger partial charge in [0.2, 0.25) is 5.88 Å². The minimum atomic E-state index is -0.512. The molecular weight excluding hydrogens is 342 g/mol. The van der Waals surface area contributed by atoms with Gasteiger partial charge in [0.1, 0.15) is 18.0 Å². The number of aromatic nitrogens is 1. The Bertz CT molecular complexity index is 742. The van der Waals surface area contributed by atoms with Crippen LogP contribution in [0.1, 0.15) is 31.9 Å². The molecule has 1 aromatic carbocycles. The molecule has 0 fully saturated rings. The van der Waals surface area contributed by atoms with Crippen LogP contribution in [0.2, 0.25) is 0 Å². The zero-order chi connectivity index (χ0) is 19.9. The Balaban J connectivity index is 1.88. The molecule has 0 radical (unpaired) electrons. The van der Waals surface area contributed by atoms with Crippen LogP contribution in [0.3, 0.4) is 0 Å². The van der Waals surface area contributed by atoms with Crippen molar-refractivity contribution >= 4 is 11.9 Å². The number of hydrogen-bond acceptors (Lipinski definition) is 5. The van der Waals surface area contributed by atoms with Crippen molar-refractivity contribution in [1.29, 1.82) is 0 Å². The largest absolute Gasteiger partial charge is 0.476 e. The smallest absolute Gasteiger partial charge is 0.407 e. The fourth-order valence-corrected chi connectivity index (χ4v) is 2.52. The van der Waals surface area contributed by atoms with Crippen molar-refractivity contribution in [2.75, 3.05) is 25.1 Å². The Morgan fingerprint density at radius 1 is 1.15 bits per heavy atom. The lowest BCUT2D eigenvalue weighted by Crippen LogP contribution is -2.34.